The molecule has 0 aliphatic heterocycles. The van der Waals surface area contributed by atoms with E-state index in [0.717, 1.165) is 31.6 Å². The summed E-state index contributed by atoms with van der Waals surface area (Å²) in [6, 6.07) is 10.3. The predicted octanol–water partition coefficient (Wildman–Crippen LogP) is 2.32. The van der Waals surface area contributed by atoms with Crippen LogP contribution in [-0.2, 0) is 17.8 Å². The number of rotatable bonds is 9. The molecule has 2 rings (SSSR count). The lowest BCUT2D eigenvalue weighted by molar-refractivity contribution is -0.132. The molecular formula is C18H26N4O. The van der Waals surface area contributed by atoms with Gasteiger partial charge in [0, 0.05) is 25.7 Å². The number of nitrogens with one attached hydrogen (secondary N) is 1. The zero-order chi connectivity index (χ0) is 16.5. The first-order valence-electron chi connectivity index (χ1n) is 8.09. The first-order chi connectivity index (χ1) is 11.1. The van der Waals surface area contributed by atoms with Crippen LogP contribution in [0.1, 0.15) is 24.1 Å². The number of carbonyl (C=O) groups is 1. The van der Waals surface area contributed by atoms with Crippen molar-refractivity contribution in [3.63, 3.8) is 0 Å². The van der Waals surface area contributed by atoms with E-state index in [2.05, 4.69) is 27.0 Å². The molecule has 0 aliphatic rings. The Morgan fingerprint density at radius 1 is 1.17 bits per heavy atom. The highest BCUT2D eigenvalue weighted by Gasteiger charge is 2.14. The van der Waals surface area contributed by atoms with E-state index in [1.54, 1.807) is 12.5 Å². The fraction of sp³-hybridized carbons (Fsp3) is 0.444. The Kier molecular flexibility index (Phi) is 6.81. The Morgan fingerprint density at radius 2 is 1.96 bits per heavy atom. The van der Waals surface area contributed by atoms with Crippen LogP contribution in [0.3, 0.4) is 0 Å². The quantitative estimate of drug-likeness (QED) is 0.773. The molecule has 5 heteroatoms. The van der Waals surface area contributed by atoms with Crippen LogP contribution in [0.25, 0.3) is 0 Å². The molecule has 0 saturated carbocycles. The number of imidazole rings is 1. The van der Waals surface area contributed by atoms with Crippen LogP contribution < -0.4 is 0 Å². The number of carbonyl (C=O) groups excluding carboxylic acids is 1. The average Bonchev–Trinajstić information content (AvgIpc) is 3.05. The lowest BCUT2D eigenvalue weighted by Crippen LogP contribution is -2.36. The standard InChI is InChI=1S/C18H26N4O/c1-21(2)11-12-22(14-17-13-19-15-20-17)18(23)10-6-9-16-7-4-3-5-8-16/h3-5,7-8,13,15H,6,9-12,14H2,1-2H3,(H,19,20). The van der Waals surface area contributed by atoms with Crippen LogP contribution in [0.15, 0.2) is 42.9 Å². The fourth-order valence-electron chi connectivity index (χ4n) is 2.44. The van der Waals surface area contributed by atoms with Gasteiger partial charge in [0.25, 0.3) is 0 Å². The molecule has 1 N–H and O–H groups in total. The van der Waals surface area contributed by atoms with Crippen LogP contribution in [0.5, 0.6) is 0 Å². The molecule has 1 aromatic heterocycles. The lowest BCUT2D eigenvalue weighted by Gasteiger charge is -2.24. The summed E-state index contributed by atoms with van der Waals surface area (Å²) in [5.74, 6) is 0.206. The van der Waals surface area contributed by atoms with E-state index in [4.69, 9.17) is 0 Å². The zero-order valence-electron chi connectivity index (χ0n) is 14.0. The number of likely N-dealkylation sites (N-methyl/N-ethyl adjacent to an activating group) is 1. The van der Waals surface area contributed by atoms with Gasteiger partial charge in [-0.25, -0.2) is 4.98 Å². The average molecular weight is 314 g/mol. The predicted molar refractivity (Wildman–Crippen MR) is 91.9 cm³/mol. The van der Waals surface area contributed by atoms with Gasteiger partial charge in [0.1, 0.15) is 0 Å². The van der Waals surface area contributed by atoms with E-state index in [9.17, 15) is 4.79 Å². The van der Waals surface area contributed by atoms with Gasteiger partial charge in [-0.15, -0.1) is 0 Å². The summed E-state index contributed by atoms with van der Waals surface area (Å²) in [7, 11) is 4.04. The van der Waals surface area contributed by atoms with E-state index in [1.807, 2.05) is 37.2 Å². The summed E-state index contributed by atoms with van der Waals surface area (Å²) in [4.78, 5) is 23.7. The molecule has 23 heavy (non-hydrogen) atoms. The summed E-state index contributed by atoms with van der Waals surface area (Å²) in [6.07, 6.45) is 5.83. The molecule has 124 valence electrons. The molecule has 0 radical (unpaired) electrons. The number of aryl methyl sites for hydroxylation is 1. The minimum Gasteiger partial charge on any atom is -0.347 e. The van der Waals surface area contributed by atoms with Gasteiger partial charge in [-0.2, -0.15) is 0 Å². The lowest BCUT2D eigenvalue weighted by atomic mass is 10.1. The van der Waals surface area contributed by atoms with Crippen molar-refractivity contribution in [2.24, 2.45) is 0 Å². The van der Waals surface area contributed by atoms with Gasteiger partial charge >= 0.3 is 0 Å². The summed E-state index contributed by atoms with van der Waals surface area (Å²) in [5, 5.41) is 0. The molecule has 1 amide bonds. The van der Waals surface area contributed by atoms with Crippen molar-refractivity contribution >= 4 is 5.91 Å². The Morgan fingerprint density at radius 3 is 2.61 bits per heavy atom. The summed E-state index contributed by atoms with van der Waals surface area (Å²) < 4.78 is 0. The number of hydrogen-bond acceptors (Lipinski definition) is 3. The van der Waals surface area contributed by atoms with Gasteiger partial charge in [-0.3, -0.25) is 4.79 Å². The van der Waals surface area contributed by atoms with E-state index >= 15 is 0 Å². The molecule has 0 fully saturated rings. The highest BCUT2D eigenvalue weighted by Crippen LogP contribution is 2.08. The highest BCUT2D eigenvalue weighted by atomic mass is 16.2. The SMILES string of the molecule is CN(C)CCN(Cc1cnc[nH]1)C(=O)CCCc1ccccc1. The molecule has 0 spiro atoms. The van der Waals surface area contributed by atoms with Crippen LogP contribution in [0, 0.1) is 0 Å². The number of benzene rings is 1. The molecule has 1 heterocycles. The number of hydrogen-bond donors (Lipinski definition) is 1. The molecule has 0 unspecified atom stereocenters. The minimum atomic E-state index is 0.206. The molecule has 0 atom stereocenters. The third-order valence-electron chi connectivity index (χ3n) is 3.78. The largest absolute Gasteiger partial charge is 0.347 e. The van der Waals surface area contributed by atoms with E-state index in [0.29, 0.717) is 13.0 Å². The zero-order valence-corrected chi connectivity index (χ0v) is 14.0. The van der Waals surface area contributed by atoms with Crippen molar-refractivity contribution in [1.29, 1.82) is 0 Å². The summed E-state index contributed by atoms with van der Waals surface area (Å²) >= 11 is 0. The molecule has 1 aromatic carbocycles. The van der Waals surface area contributed by atoms with Gasteiger partial charge in [0.05, 0.1) is 18.6 Å². The van der Waals surface area contributed by atoms with Crippen molar-refractivity contribution in [2.75, 3.05) is 27.2 Å². The van der Waals surface area contributed by atoms with E-state index in [1.165, 1.54) is 5.56 Å². The van der Waals surface area contributed by atoms with E-state index < -0.39 is 0 Å². The Bertz CT molecular complexity index is 566. The van der Waals surface area contributed by atoms with Crippen molar-refractivity contribution < 1.29 is 4.79 Å². The topological polar surface area (TPSA) is 52.2 Å². The molecular weight excluding hydrogens is 288 g/mol. The summed E-state index contributed by atoms with van der Waals surface area (Å²) in [5.41, 5.74) is 2.26. The first-order valence-corrected chi connectivity index (χ1v) is 8.09. The van der Waals surface area contributed by atoms with Crippen molar-refractivity contribution in [1.82, 2.24) is 19.8 Å². The molecule has 0 aliphatic carbocycles. The number of H-pyrrole nitrogens is 1. The maximum absolute atomic E-state index is 12.5. The Labute approximate surface area is 138 Å². The van der Waals surface area contributed by atoms with Crippen LogP contribution >= 0.6 is 0 Å². The second kappa shape index (κ2) is 9.10. The summed E-state index contributed by atoms with van der Waals surface area (Å²) in [6.45, 7) is 2.19. The molecule has 0 saturated heterocycles. The fourth-order valence-corrected chi connectivity index (χ4v) is 2.44. The maximum Gasteiger partial charge on any atom is 0.222 e. The van der Waals surface area contributed by atoms with Gasteiger partial charge in [0.15, 0.2) is 0 Å². The molecule has 0 bridgehead atoms. The third-order valence-corrected chi connectivity index (χ3v) is 3.78. The Balaban J connectivity index is 1.84. The van der Waals surface area contributed by atoms with Gasteiger partial charge in [-0.1, -0.05) is 30.3 Å². The maximum atomic E-state index is 12.5. The third kappa shape index (κ3) is 6.24. The highest BCUT2D eigenvalue weighted by molar-refractivity contribution is 5.76. The number of aromatic amines is 1. The monoisotopic (exact) mass is 314 g/mol. The van der Waals surface area contributed by atoms with Crippen molar-refractivity contribution in [3.8, 4) is 0 Å². The van der Waals surface area contributed by atoms with Crippen molar-refractivity contribution in [3.05, 3.63) is 54.1 Å². The number of aromatic nitrogens is 2. The van der Waals surface area contributed by atoms with Crippen LogP contribution in [0.4, 0.5) is 0 Å². The molecule has 5 nitrogen and oxygen atoms in total. The first kappa shape index (κ1) is 17.2. The smallest absolute Gasteiger partial charge is 0.222 e. The van der Waals surface area contributed by atoms with Gasteiger partial charge in [-0.05, 0) is 32.5 Å². The Hall–Kier alpha value is -2.14. The van der Waals surface area contributed by atoms with Gasteiger partial charge in [0.2, 0.25) is 5.91 Å². The molecule has 2 aromatic rings. The van der Waals surface area contributed by atoms with Crippen molar-refractivity contribution in [2.45, 2.75) is 25.8 Å². The second-order valence-electron chi connectivity index (χ2n) is 6.03. The second-order valence-corrected chi connectivity index (χ2v) is 6.03. The number of amides is 1. The number of nitrogens with zero attached hydrogens (tertiary/aromatic N) is 3. The van der Waals surface area contributed by atoms with Crippen LogP contribution in [0.2, 0.25) is 0 Å². The van der Waals surface area contributed by atoms with Gasteiger partial charge < -0.3 is 14.8 Å². The normalized spacial score (nSPS) is 10.9. The minimum absolute atomic E-state index is 0.206. The van der Waals surface area contributed by atoms with Crippen LogP contribution in [-0.4, -0.2) is 52.9 Å². The van der Waals surface area contributed by atoms with E-state index in [-0.39, 0.29) is 5.91 Å².